The zero-order valence-corrected chi connectivity index (χ0v) is 25.6. The van der Waals surface area contributed by atoms with Crippen molar-refractivity contribution in [3.8, 4) is 11.4 Å². The van der Waals surface area contributed by atoms with Crippen LogP contribution in [0.5, 0.6) is 0 Å². The largest absolute Gasteiger partial charge is 0.512 e. The number of aliphatic hydroxyl groups excluding tert-OH is 1. The van der Waals surface area contributed by atoms with E-state index in [0.717, 1.165) is 64.0 Å². The molecule has 2 atom stereocenters. The van der Waals surface area contributed by atoms with E-state index in [9.17, 15) is 27.9 Å². The summed E-state index contributed by atoms with van der Waals surface area (Å²) in [6, 6.07) is 2.02. The number of allylic oxidation sites excluding steroid dienone is 2. The molecule has 1 aromatic carbocycles. The first-order valence-corrected chi connectivity index (χ1v) is 15.0. The minimum atomic E-state index is -3.22. The van der Waals surface area contributed by atoms with Crippen LogP contribution in [0.3, 0.4) is 0 Å². The monoisotopic (exact) mass is 635 g/mol. The molecule has 8 nitrogen and oxygen atoms in total. The van der Waals surface area contributed by atoms with Gasteiger partial charge in [-0.25, -0.2) is 18.4 Å². The molecule has 1 aliphatic carbocycles. The van der Waals surface area contributed by atoms with E-state index >= 15 is 0 Å². The van der Waals surface area contributed by atoms with E-state index in [2.05, 4.69) is 12.0 Å². The molecule has 2 aliphatic rings. The number of alkyl halides is 3. The predicted octanol–water partition coefficient (Wildman–Crippen LogP) is 6.97. The van der Waals surface area contributed by atoms with Crippen molar-refractivity contribution < 1.29 is 32.5 Å². The van der Waals surface area contributed by atoms with Crippen molar-refractivity contribution in [2.45, 2.75) is 77.1 Å². The van der Waals surface area contributed by atoms with E-state index in [0.29, 0.717) is 16.4 Å². The highest BCUT2D eigenvalue weighted by Gasteiger charge is 2.29. The van der Waals surface area contributed by atoms with Crippen LogP contribution < -0.4 is 5.69 Å². The number of ether oxygens (including phenoxy) is 2. The van der Waals surface area contributed by atoms with Crippen LogP contribution in [0.15, 0.2) is 28.3 Å². The summed E-state index contributed by atoms with van der Waals surface area (Å²) in [5, 5.41) is 12.5. The number of halogens is 5. The van der Waals surface area contributed by atoms with Gasteiger partial charge >= 0.3 is 18.2 Å². The molecular formula is C29H38Cl2F3N3O5. The van der Waals surface area contributed by atoms with Crippen LogP contribution in [-0.2, 0) is 27.7 Å². The van der Waals surface area contributed by atoms with Crippen molar-refractivity contribution in [1.82, 2.24) is 14.3 Å². The van der Waals surface area contributed by atoms with Gasteiger partial charge in [-0.3, -0.25) is 4.79 Å². The molecule has 0 amide bonds. The Hall–Kier alpha value is -2.50. The lowest BCUT2D eigenvalue weighted by Crippen LogP contribution is -2.26. The number of carbonyl (C=O) groups is 1. The molecule has 2 unspecified atom stereocenters. The van der Waals surface area contributed by atoms with Gasteiger partial charge in [-0.15, -0.1) is 16.7 Å². The van der Waals surface area contributed by atoms with Crippen molar-refractivity contribution in [2.75, 3.05) is 19.8 Å². The highest BCUT2D eigenvalue weighted by Crippen LogP contribution is 2.38. The number of benzene rings is 1. The van der Waals surface area contributed by atoms with Gasteiger partial charge in [0, 0.05) is 38.1 Å². The Balaban J connectivity index is 0.000000258. The first-order valence-electron chi connectivity index (χ1n) is 14.2. The van der Waals surface area contributed by atoms with Crippen molar-refractivity contribution in [1.29, 1.82) is 0 Å². The first kappa shape index (κ1) is 34.0. The normalized spacial score (nSPS) is 18.5. The smallest absolute Gasteiger partial charge is 0.350 e. The van der Waals surface area contributed by atoms with Gasteiger partial charge in [0.25, 0.3) is 0 Å². The number of aromatic nitrogens is 3. The van der Waals surface area contributed by atoms with Crippen LogP contribution in [0, 0.1) is 17.7 Å². The summed E-state index contributed by atoms with van der Waals surface area (Å²) in [6.07, 6.45) is 7.85. The number of nitrogens with zero attached hydrogens (tertiary/aromatic N) is 3. The fraction of sp³-hybridized carbons (Fsp3) is 0.621. The van der Waals surface area contributed by atoms with E-state index < -0.39 is 35.2 Å². The number of esters is 1. The summed E-state index contributed by atoms with van der Waals surface area (Å²) >= 11 is 11.9. The van der Waals surface area contributed by atoms with Gasteiger partial charge in [0.1, 0.15) is 11.2 Å². The fourth-order valence-corrected chi connectivity index (χ4v) is 5.89. The van der Waals surface area contributed by atoms with Crippen LogP contribution in [0.25, 0.3) is 11.4 Å². The van der Waals surface area contributed by atoms with Crippen LogP contribution in [0.2, 0.25) is 5.02 Å². The van der Waals surface area contributed by atoms with Gasteiger partial charge < -0.3 is 14.6 Å². The summed E-state index contributed by atoms with van der Waals surface area (Å²) in [4.78, 5) is 23.4. The Bertz CT molecular complexity index is 1310. The molecular weight excluding hydrogens is 598 g/mol. The van der Waals surface area contributed by atoms with E-state index in [1.165, 1.54) is 24.8 Å². The molecule has 234 valence electrons. The number of hydrogen-bond acceptors (Lipinski definition) is 6. The van der Waals surface area contributed by atoms with E-state index in [1.54, 1.807) is 6.92 Å². The second-order valence-electron chi connectivity index (χ2n) is 10.5. The lowest BCUT2D eigenvalue weighted by molar-refractivity contribution is -0.142. The summed E-state index contributed by atoms with van der Waals surface area (Å²) in [5.74, 6) is 0.00490. The second-order valence-corrected chi connectivity index (χ2v) is 11.4. The average molecular weight is 637 g/mol. The maximum absolute atomic E-state index is 14.3. The van der Waals surface area contributed by atoms with Gasteiger partial charge in [-0.2, -0.15) is 8.78 Å². The number of hydrogen-bond donors (Lipinski definition) is 1. The number of carbonyl (C=O) groups excluding carboxylic acids is 1. The van der Waals surface area contributed by atoms with E-state index in [4.69, 9.17) is 32.7 Å². The lowest BCUT2D eigenvalue weighted by Gasteiger charge is -2.33. The Morgan fingerprint density at radius 1 is 1.21 bits per heavy atom. The predicted molar refractivity (Wildman–Crippen MR) is 155 cm³/mol. The fourth-order valence-electron chi connectivity index (χ4n) is 5.43. The molecule has 0 saturated carbocycles. The summed E-state index contributed by atoms with van der Waals surface area (Å²) in [6.45, 7) is 2.55. The Morgan fingerprint density at radius 2 is 1.90 bits per heavy atom. The molecule has 1 saturated heterocycles. The van der Waals surface area contributed by atoms with E-state index in [1.807, 2.05) is 0 Å². The Kier molecular flexibility index (Phi) is 12.8. The molecule has 2 heterocycles. The highest BCUT2D eigenvalue weighted by molar-refractivity contribution is 6.32. The number of aliphatic hydroxyl groups is 1. The Morgan fingerprint density at radius 3 is 2.50 bits per heavy atom. The minimum Gasteiger partial charge on any atom is -0.512 e. The third-order valence-corrected chi connectivity index (χ3v) is 8.32. The molecule has 42 heavy (non-hydrogen) atoms. The van der Waals surface area contributed by atoms with Gasteiger partial charge in [-0.05, 0) is 74.1 Å². The molecule has 2 aromatic rings. The van der Waals surface area contributed by atoms with Crippen LogP contribution in [-0.4, -0.2) is 50.6 Å². The molecule has 1 aliphatic heterocycles. The van der Waals surface area contributed by atoms with Gasteiger partial charge in [0.05, 0.1) is 17.9 Å². The van der Waals surface area contributed by atoms with Crippen molar-refractivity contribution in [3.63, 3.8) is 0 Å². The molecule has 0 bridgehead atoms. The van der Waals surface area contributed by atoms with Crippen LogP contribution in [0.1, 0.15) is 70.9 Å². The molecule has 1 fully saturated rings. The molecule has 0 spiro atoms. The summed E-state index contributed by atoms with van der Waals surface area (Å²) in [5.41, 5.74) is 0.0728. The Labute approximate surface area is 253 Å². The first-order chi connectivity index (χ1) is 20.0. The maximum atomic E-state index is 14.3. The summed E-state index contributed by atoms with van der Waals surface area (Å²) in [7, 11) is 1.16. The minimum absolute atomic E-state index is 0.0527. The standard InChI is InChI=1S/C15H14Cl2F3N3O3.C14H24O2/c1-3-26-13(24)10(17)5-7-4-8(11(18)6-9(7)16)12-21-22(2)15(25)23(12)14(19)20;1-2-3-12-4-5-13(10-14(12)15)11-6-8-16-9-7-11/h4,6,10,14H,3,5H2,1-2H3;11,13,15H,2-10H2,1H3. The van der Waals surface area contributed by atoms with Crippen LogP contribution >= 0.6 is 23.2 Å². The number of rotatable bonds is 9. The van der Waals surface area contributed by atoms with Gasteiger partial charge in [0.15, 0.2) is 5.82 Å². The zero-order chi connectivity index (χ0) is 31.0. The molecule has 13 heteroatoms. The lowest BCUT2D eigenvalue weighted by atomic mass is 9.76. The van der Waals surface area contributed by atoms with Gasteiger partial charge in [-0.1, -0.05) is 24.9 Å². The van der Waals surface area contributed by atoms with Crippen molar-refractivity contribution in [3.05, 3.63) is 50.4 Å². The topological polar surface area (TPSA) is 95.6 Å². The molecule has 1 aromatic heterocycles. The maximum Gasteiger partial charge on any atom is 0.350 e. The molecule has 1 N–H and O–H groups in total. The SMILES string of the molecule is CCCC1=C(O)CC(C2CCOCC2)CC1.CCOC(=O)C(Cl)Cc1cc(-c2nn(C)c(=O)n2C(F)F)c(F)cc1Cl. The summed E-state index contributed by atoms with van der Waals surface area (Å²) < 4.78 is 51.6. The third-order valence-electron chi connectivity index (χ3n) is 7.63. The third kappa shape index (κ3) is 8.54. The quantitative estimate of drug-likeness (QED) is 0.236. The second kappa shape index (κ2) is 15.8. The molecule has 4 rings (SSSR count). The van der Waals surface area contributed by atoms with Crippen molar-refractivity contribution in [2.24, 2.45) is 18.9 Å². The average Bonchev–Trinajstić information content (AvgIpc) is 3.26. The number of aryl methyl sites for hydroxylation is 1. The van der Waals surface area contributed by atoms with Crippen LogP contribution in [0.4, 0.5) is 13.2 Å². The zero-order valence-electron chi connectivity index (χ0n) is 24.1. The van der Waals surface area contributed by atoms with Gasteiger partial charge in [0.2, 0.25) is 0 Å². The molecule has 0 radical (unpaired) electrons. The van der Waals surface area contributed by atoms with Crippen molar-refractivity contribution >= 4 is 29.2 Å². The highest BCUT2D eigenvalue weighted by atomic mass is 35.5. The van der Waals surface area contributed by atoms with E-state index in [-0.39, 0.29) is 33.7 Å².